The van der Waals surface area contributed by atoms with Gasteiger partial charge >= 0.3 is 0 Å². The van der Waals surface area contributed by atoms with Crippen LogP contribution in [-0.2, 0) is 4.79 Å². The maximum Gasteiger partial charge on any atom is 0.265 e. The molecule has 90 valence electrons. The smallest absolute Gasteiger partial charge is 0.265 e. The molecule has 1 amide bonds. The SMILES string of the molecule is Cc1ccccc1OCC(=O)N1CCSC1=S. The lowest BCUT2D eigenvalue weighted by Crippen LogP contribution is -2.34. The second-order valence-corrected chi connectivity index (χ2v) is 5.44. The van der Waals surface area contributed by atoms with Crippen LogP contribution in [0, 0.1) is 6.92 Å². The Labute approximate surface area is 110 Å². The number of carbonyl (C=O) groups excluding carboxylic acids is 1. The first-order valence-corrected chi connectivity index (χ1v) is 6.73. The molecule has 0 aliphatic carbocycles. The van der Waals surface area contributed by atoms with Crippen molar-refractivity contribution in [2.45, 2.75) is 6.92 Å². The number of para-hydroxylation sites is 1. The fourth-order valence-electron chi connectivity index (χ4n) is 1.56. The number of ether oxygens (including phenoxy) is 1. The third-order valence-electron chi connectivity index (χ3n) is 2.51. The highest BCUT2D eigenvalue weighted by Crippen LogP contribution is 2.19. The number of benzene rings is 1. The van der Waals surface area contributed by atoms with Gasteiger partial charge in [0.1, 0.15) is 10.1 Å². The van der Waals surface area contributed by atoms with Crippen LogP contribution in [0.15, 0.2) is 24.3 Å². The third-order valence-corrected chi connectivity index (χ3v) is 3.93. The summed E-state index contributed by atoms with van der Waals surface area (Å²) in [6.07, 6.45) is 0. The summed E-state index contributed by atoms with van der Waals surface area (Å²) in [5, 5.41) is 0. The molecule has 0 saturated carbocycles. The Hall–Kier alpha value is -1.07. The number of amides is 1. The van der Waals surface area contributed by atoms with Crippen molar-refractivity contribution >= 4 is 34.2 Å². The van der Waals surface area contributed by atoms with Gasteiger partial charge in [-0.15, -0.1) is 0 Å². The normalized spacial score (nSPS) is 15.1. The molecule has 0 unspecified atom stereocenters. The van der Waals surface area contributed by atoms with E-state index in [0.29, 0.717) is 10.9 Å². The molecular weight excluding hydrogens is 254 g/mol. The zero-order valence-corrected chi connectivity index (χ0v) is 11.1. The molecule has 5 heteroatoms. The predicted molar refractivity (Wildman–Crippen MR) is 73.4 cm³/mol. The van der Waals surface area contributed by atoms with Gasteiger partial charge in [-0.05, 0) is 18.6 Å². The lowest BCUT2D eigenvalue weighted by atomic mass is 10.2. The highest BCUT2D eigenvalue weighted by molar-refractivity contribution is 8.23. The molecular formula is C12H13NO2S2. The van der Waals surface area contributed by atoms with Gasteiger partial charge in [0.05, 0.1) is 0 Å². The minimum absolute atomic E-state index is 0.0472. The van der Waals surface area contributed by atoms with Gasteiger partial charge in [-0.3, -0.25) is 9.69 Å². The van der Waals surface area contributed by atoms with E-state index in [4.69, 9.17) is 17.0 Å². The number of nitrogens with zero attached hydrogens (tertiary/aromatic N) is 1. The summed E-state index contributed by atoms with van der Waals surface area (Å²) < 4.78 is 6.16. The summed E-state index contributed by atoms with van der Waals surface area (Å²) in [4.78, 5) is 13.4. The molecule has 1 aromatic carbocycles. The number of aryl methyl sites for hydroxylation is 1. The van der Waals surface area contributed by atoms with E-state index in [1.54, 1.807) is 4.90 Å². The van der Waals surface area contributed by atoms with Gasteiger partial charge in [0.15, 0.2) is 6.61 Å². The van der Waals surface area contributed by atoms with Crippen LogP contribution in [0.25, 0.3) is 0 Å². The fraction of sp³-hybridized carbons (Fsp3) is 0.333. The topological polar surface area (TPSA) is 29.5 Å². The van der Waals surface area contributed by atoms with Crippen molar-refractivity contribution in [1.82, 2.24) is 4.90 Å². The second-order valence-electron chi connectivity index (χ2n) is 3.71. The van der Waals surface area contributed by atoms with Gasteiger partial charge in [-0.1, -0.05) is 42.2 Å². The van der Waals surface area contributed by atoms with E-state index in [0.717, 1.165) is 17.1 Å². The van der Waals surface area contributed by atoms with Crippen LogP contribution in [0.2, 0.25) is 0 Å². The first kappa shape index (κ1) is 12.4. The zero-order chi connectivity index (χ0) is 12.3. The third kappa shape index (κ3) is 2.98. The molecule has 1 aliphatic rings. The Balaban J connectivity index is 1.92. The summed E-state index contributed by atoms with van der Waals surface area (Å²) in [6, 6.07) is 7.65. The van der Waals surface area contributed by atoms with Crippen molar-refractivity contribution in [2.24, 2.45) is 0 Å². The van der Waals surface area contributed by atoms with Crippen LogP contribution in [0.5, 0.6) is 5.75 Å². The number of hydrogen-bond acceptors (Lipinski definition) is 4. The van der Waals surface area contributed by atoms with Crippen molar-refractivity contribution in [1.29, 1.82) is 0 Å². The van der Waals surface area contributed by atoms with Crippen molar-refractivity contribution in [3.8, 4) is 5.75 Å². The van der Waals surface area contributed by atoms with Gasteiger partial charge in [0, 0.05) is 12.3 Å². The van der Waals surface area contributed by atoms with E-state index < -0.39 is 0 Å². The van der Waals surface area contributed by atoms with Crippen LogP contribution in [0.1, 0.15) is 5.56 Å². The first-order chi connectivity index (χ1) is 8.18. The van der Waals surface area contributed by atoms with Crippen molar-refractivity contribution in [2.75, 3.05) is 18.9 Å². The van der Waals surface area contributed by atoms with E-state index in [1.807, 2.05) is 31.2 Å². The Morgan fingerprint density at radius 1 is 1.53 bits per heavy atom. The molecule has 0 spiro atoms. The summed E-state index contributed by atoms with van der Waals surface area (Å²) in [7, 11) is 0. The average molecular weight is 267 g/mol. The number of rotatable bonds is 3. The van der Waals surface area contributed by atoms with Crippen molar-refractivity contribution in [3.63, 3.8) is 0 Å². The molecule has 1 saturated heterocycles. The van der Waals surface area contributed by atoms with Crippen molar-refractivity contribution < 1.29 is 9.53 Å². The van der Waals surface area contributed by atoms with E-state index >= 15 is 0 Å². The maximum atomic E-state index is 11.8. The summed E-state index contributed by atoms with van der Waals surface area (Å²) in [5.41, 5.74) is 1.03. The largest absolute Gasteiger partial charge is 0.483 e. The van der Waals surface area contributed by atoms with Crippen LogP contribution < -0.4 is 4.74 Å². The fourth-order valence-corrected chi connectivity index (χ4v) is 2.80. The summed E-state index contributed by atoms with van der Waals surface area (Å²) in [5.74, 6) is 1.57. The van der Waals surface area contributed by atoms with Gasteiger partial charge in [0.2, 0.25) is 0 Å². The average Bonchev–Trinajstić information content (AvgIpc) is 2.74. The minimum atomic E-state index is -0.0664. The highest BCUT2D eigenvalue weighted by Gasteiger charge is 2.24. The lowest BCUT2D eigenvalue weighted by molar-refractivity contribution is -0.128. The molecule has 1 aromatic rings. The zero-order valence-electron chi connectivity index (χ0n) is 9.51. The molecule has 1 heterocycles. The number of thiocarbonyl (C=S) groups is 1. The summed E-state index contributed by atoms with van der Waals surface area (Å²) in [6.45, 7) is 2.70. The number of hydrogen-bond donors (Lipinski definition) is 0. The molecule has 0 aromatic heterocycles. The molecule has 1 aliphatic heterocycles. The van der Waals surface area contributed by atoms with Crippen LogP contribution in [0.4, 0.5) is 0 Å². The van der Waals surface area contributed by atoms with E-state index in [9.17, 15) is 4.79 Å². The molecule has 0 atom stereocenters. The Bertz CT molecular complexity index is 448. The van der Waals surface area contributed by atoms with Gasteiger partial charge in [0.25, 0.3) is 5.91 Å². The Morgan fingerprint density at radius 3 is 2.94 bits per heavy atom. The quantitative estimate of drug-likeness (QED) is 0.786. The number of thioether (sulfide) groups is 1. The van der Waals surface area contributed by atoms with Crippen LogP contribution in [0.3, 0.4) is 0 Å². The van der Waals surface area contributed by atoms with E-state index in [-0.39, 0.29) is 12.5 Å². The maximum absolute atomic E-state index is 11.8. The van der Waals surface area contributed by atoms with Crippen LogP contribution in [-0.4, -0.2) is 34.0 Å². The Morgan fingerprint density at radius 2 is 2.29 bits per heavy atom. The molecule has 0 bridgehead atoms. The lowest BCUT2D eigenvalue weighted by Gasteiger charge is -2.15. The van der Waals surface area contributed by atoms with Gasteiger partial charge in [-0.2, -0.15) is 0 Å². The Kier molecular flexibility index (Phi) is 4.02. The monoisotopic (exact) mass is 267 g/mol. The molecule has 0 radical (unpaired) electrons. The van der Waals surface area contributed by atoms with E-state index in [2.05, 4.69) is 0 Å². The van der Waals surface area contributed by atoms with E-state index in [1.165, 1.54) is 11.8 Å². The van der Waals surface area contributed by atoms with Gasteiger partial charge < -0.3 is 4.74 Å². The highest BCUT2D eigenvalue weighted by atomic mass is 32.2. The second kappa shape index (κ2) is 5.51. The minimum Gasteiger partial charge on any atom is -0.483 e. The molecule has 3 nitrogen and oxygen atoms in total. The van der Waals surface area contributed by atoms with Crippen LogP contribution >= 0.6 is 24.0 Å². The molecule has 2 rings (SSSR count). The standard InChI is InChI=1S/C12H13NO2S2/c1-9-4-2-3-5-10(9)15-8-11(14)13-6-7-17-12(13)16/h2-5H,6-8H2,1H3. The molecule has 0 N–H and O–H groups in total. The predicted octanol–water partition coefficient (Wildman–Crippen LogP) is 2.23. The van der Waals surface area contributed by atoms with Gasteiger partial charge in [-0.25, -0.2) is 0 Å². The first-order valence-electron chi connectivity index (χ1n) is 5.34. The van der Waals surface area contributed by atoms with Crippen molar-refractivity contribution in [3.05, 3.63) is 29.8 Å². The molecule has 17 heavy (non-hydrogen) atoms. The summed E-state index contributed by atoms with van der Waals surface area (Å²) >= 11 is 6.63. The number of carbonyl (C=O) groups is 1. The molecule has 1 fully saturated rings.